The van der Waals surface area contributed by atoms with Gasteiger partial charge in [0.15, 0.2) is 0 Å². The second-order valence-corrected chi connectivity index (χ2v) is 4.48. The molecule has 2 aromatic rings. The number of halogens is 1. The van der Waals surface area contributed by atoms with Crippen LogP contribution >= 0.6 is 11.6 Å². The largest absolute Gasteiger partial charge is 0.467 e. The predicted octanol–water partition coefficient (Wildman–Crippen LogP) is 3.35. The van der Waals surface area contributed by atoms with E-state index >= 15 is 0 Å². The second kappa shape index (κ2) is 5.74. The Bertz CT molecular complexity index is 522. The summed E-state index contributed by atoms with van der Waals surface area (Å²) >= 11 is 6.01. The molecule has 4 heteroatoms. The van der Waals surface area contributed by atoms with Gasteiger partial charge in [-0.25, -0.2) is 0 Å². The number of hydrogen-bond acceptors (Lipinski definition) is 2. The molecule has 1 N–H and O–H groups in total. The zero-order valence-electron chi connectivity index (χ0n) is 10.0. The van der Waals surface area contributed by atoms with E-state index in [0.717, 1.165) is 11.3 Å². The number of amides is 1. The van der Waals surface area contributed by atoms with Crippen LogP contribution in [0.25, 0.3) is 0 Å². The molecule has 0 aliphatic heterocycles. The molecule has 1 amide bonds. The zero-order valence-corrected chi connectivity index (χ0v) is 10.8. The average molecular weight is 264 g/mol. The lowest BCUT2D eigenvalue weighted by atomic mass is 10.1. The minimum Gasteiger partial charge on any atom is -0.467 e. The highest BCUT2D eigenvalue weighted by Crippen LogP contribution is 2.16. The third kappa shape index (κ3) is 3.14. The van der Waals surface area contributed by atoms with E-state index in [4.69, 9.17) is 16.0 Å². The van der Waals surface area contributed by atoms with Gasteiger partial charge >= 0.3 is 0 Å². The highest BCUT2D eigenvalue weighted by atomic mass is 35.5. The normalized spacial score (nSPS) is 12.1. The van der Waals surface area contributed by atoms with Gasteiger partial charge in [-0.1, -0.05) is 29.8 Å². The van der Waals surface area contributed by atoms with Crippen LogP contribution in [-0.2, 0) is 11.2 Å². The fraction of sp³-hybridized carbons (Fsp3) is 0.214. The third-order valence-electron chi connectivity index (χ3n) is 2.66. The Morgan fingerprint density at radius 1 is 1.33 bits per heavy atom. The van der Waals surface area contributed by atoms with E-state index in [1.54, 1.807) is 18.4 Å². The molecule has 3 nitrogen and oxygen atoms in total. The van der Waals surface area contributed by atoms with Crippen molar-refractivity contribution in [3.05, 3.63) is 59.0 Å². The fourth-order valence-electron chi connectivity index (χ4n) is 1.72. The number of benzene rings is 1. The molecule has 0 saturated heterocycles. The number of carbonyl (C=O) groups excluding carboxylic acids is 1. The van der Waals surface area contributed by atoms with E-state index in [1.807, 2.05) is 31.2 Å². The van der Waals surface area contributed by atoms with Crippen LogP contribution < -0.4 is 5.32 Å². The summed E-state index contributed by atoms with van der Waals surface area (Å²) in [6, 6.07) is 10.8. The van der Waals surface area contributed by atoms with Gasteiger partial charge in [-0.3, -0.25) is 4.79 Å². The van der Waals surface area contributed by atoms with E-state index in [1.165, 1.54) is 0 Å². The van der Waals surface area contributed by atoms with Gasteiger partial charge < -0.3 is 9.73 Å². The molecule has 94 valence electrons. The number of hydrogen-bond donors (Lipinski definition) is 1. The molecule has 2 rings (SSSR count). The Hall–Kier alpha value is -1.74. The topological polar surface area (TPSA) is 42.2 Å². The first-order valence-corrected chi connectivity index (χ1v) is 6.11. The maximum absolute atomic E-state index is 11.9. The van der Waals surface area contributed by atoms with Crippen molar-refractivity contribution in [2.24, 2.45) is 0 Å². The molecule has 0 spiro atoms. The number of nitrogens with one attached hydrogen (secondary N) is 1. The number of furan rings is 1. The van der Waals surface area contributed by atoms with Crippen LogP contribution in [-0.4, -0.2) is 5.91 Å². The van der Waals surface area contributed by atoms with Crippen molar-refractivity contribution >= 4 is 17.5 Å². The fourth-order valence-corrected chi connectivity index (χ4v) is 1.92. The molecule has 0 aliphatic rings. The summed E-state index contributed by atoms with van der Waals surface area (Å²) in [4.78, 5) is 11.9. The molecule has 1 aromatic heterocycles. The summed E-state index contributed by atoms with van der Waals surface area (Å²) in [7, 11) is 0. The van der Waals surface area contributed by atoms with E-state index in [-0.39, 0.29) is 18.4 Å². The lowest BCUT2D eigenvalue weighted by Gasteiger charge is -2.11. The molecule has 0 saturated carbocycles. The highest BCUT2D eigenvalue weighted by molar-refractivity contribution is 6.31. The van der Waals surface area contributed by atoms with Gasteiger partial charge in [-0.15, -0.1) is 0 Å². The lowest BCUT2D eigenvalue weighted by molar-refractivity contribution is -0.121. The minimum absolute atomic E-state index is 0.0769. The first kappa shape index (κ1) is 12.7. The van der Waals surface area contributed by atoms with Crippen LogP contribution in [0.3, 0.4) is 0 Å². The van der Waals surface area contributed by atoms with Crippen molar-refractivity contribution in [2.75, 3.05) is 0 Å². The molecular weight excluding hydrogens is 250 g/mol. The maximum Gasteiger partial charge on any atom is 0.225 e. The van der Waals surface area contributed by atoms with Gasteiger partial charge in [0.25, 0.3) is 0 Å². The smallest absolute Gasteiger partial charge is 0.225 e. The summed E-state index contributed by atoms with van der Waals surface area (Å²) in [5, 5.41) is 3.48. The van der Waals surface area contributed by atoms with Gasteiger partial charge in [-0.05, 0) is 30.7 Å². The third-order valence-corrected chi connectivity index (χ3v) is 3.03. The molecule has 1 atom stereocenters. The van der Waals surface area contributed by atoms with E-state index in [2.05, 4.69) is 5.32 Å². The van der Waals surface area contributed by atoms with E-state index < -0.39 is 0 Å². The Balaban J connectivity index is 1.95. The van der Waals surface area contributed by atoms with Crippen molar-refractivity contribution in [1.82, 2.24) is 5.32 Å². The molecule has 18 heavy (non-hydrogen) atoms. The molecule has 0 fully saturated rings. The second-order valence-electron chi connectivity index (χ2n) is 4.07. The van der Waals surface area contributed by atoms with Crippen molar-refractivity contribution in [2.45, 2.75) is 19.4 Å². The Morgan fingerprint density at radius 3 is 2.78 bits per heavy atom. The molecule has 0 bridgehead atoms. The van der Waals surface area contributed by atoms with Crippen LogP contribution in [0.4, 0.5) is 0 Å². The molecule has 0 aliphatic carbocycles. The van der Waals surface area contributed by atoms with Crippen LogP contribution in [0.5, 0.6) is 0 Å². The van der Waals surface area contributed by atoms with Gasteiger partial charge in [-0.2, -0.15) is 0 Å². The zero-order chi connectivity index (χ0) is 13.0. The Labute approximate surface area is 111 Å². The van der Waals surface area contributed by atoms with Gasteiger partial charge in [0.05, 0.1) is 18.7 Å². The molecule has 0 radical (unpaired) electrons. The molecule has 1 heterocycles. The summed E-state index contributed by atoms with van der Waals surface area (Å²) in [5.41, 5.74) is 0.823. The van der Waals surface area contributed by atoms with Crippen molar-refractivity contribution < 1.29 is 9.21 Å². The van der Waals surface area contributed by atoms with Crippen LogP contribution in [0.2, 0.25) is 5.02 Å². The van der Waals surface area contributed by atoms with Crippen molar-refractivity contribution in [3.63, 3.8) is 0 Å². The highest BCUT2D eigenvalue weighted by Gasteiger charge is 2.12. The first-order valence-electron chi connectivity index (χ1n) is 5.73. The molecular formula is C14H14ClNO2. The predicted molar refractivity (Wildman–Crippen MR) is 70.4 cm³/mol. The lowest BCUT2D eigenvalue weighted by Crippen LogP contribution is -2.27. The number of rotatable bonds is 4. The van der Waals surface area contributed by atoms with Crippen LogP contribution in [0.1, 0.15) is 24.3 Å². The Kier molecular flexibility index (Phi) is 4.05. The van der Waals surface area contributed by atoms with Gasteiger partial charge in [0.1, 0.15) is 5.76 Å². The van der Waals surface area contributed by atoms with Crippen molar-refractivity contribution in [3.8, 4) is 0 Å². The summed E-state index contributed by atoms with van der Waals surface area (Å²) in [6.45, 7) is 1.88. The van der Waals surface area contributed by atoms with Crippen LogP contribution in [0.15, 0.2) is 47.1 Å². The van der Waals surface area contributed by atoms with E-state index in [9.17, 15) is 4.79 Å². The summed E-state index contributed by atoms with van der Waals surface area (Å²) in [6.07, 6.45) is 1.86. The monoisotopic (exact) mass is 263 g/mol. The summed E-state index contributed by atoms with van der Waals surface area (Å²) in [5.74, 6) is 0.662. The van der Waals surface area contributed by atoms with Gasteiger partial charge in [0, 0.05) is 5.02 Å². The van der Waals surface area contributed by atoms with Gasteiger partial charge in [0.2, 0.25) is 5.91 Å². The summed E-state index contributed by atoms with van der Waals surface area (Å²) < 4.78 is 5.23. The van der Waals surface area contributed by atoms with E-state index in [0.29, 0.717) is 5.02 Å². The standard InChI is InChI=1S/C14H14ClNO2/c1-10(13-7-4-8-18-13)16-14(17)9-11-5-2-3-6-12(11)15/h2-8,10H,9H2,1H3,(H,16,17). The first-order chi connectivity index (χ1) is 8.66. The maximum atomic E-state index is 11.9. The average Bonchev–Trinajstić information content (AvgIpc) is 2.85. The van der Waals surface area contributed by atoms with Crippen LogP contribution in [0, 0.1) is 0 Å². The minimum atomic E-state index is -0.144. The van der Waals surface area contributed by atoms with Crippen molar-refractivity contribution in [1.29, 1.82) is 0 Å². The Morgan fingerprint density at radius 2 is 2.11 bits per heavy atom. The molecule has 1 unspecified atom stereocenters. The number of carbonyl (C=O) groups is 1. The molecule has 1 aromatic carbocycles. The quantitative estimate of drug-likeness (QED) is 0.919. The SMILES string of the molecule is CC(NC(=O)Cc1ccccc1Cl)c1ccco1.